The molecule has 0 spiro atoms. The molecule has 0 aromatic heterocycles. The highest BCUT2D eigenvalue weighted by Gasteiger charge is 2.27. The number of anilines is 1. The second-order valence-corrected chi connectivity index (χ2v) is 8.26. The Morgan fingerprint density at radius 3 is 2.43 bits per heavy atom. The van der Waals surface area contributed by atoms with Crippen LogP contribution in [0.2, 0.25) is 0 Å². The number of benzene rings is 3. The topological polar surface area (TPSA) is 71.4 Å². The summed E-state index contributed by atoms with van der Waals surface area (Å²) in [4.78, 5) is 13.0. The van der Waals surface area contributed by atoms with Gasteiger partial charge >= 0.3 is 5.97 Å². The molecule has 1 unspecified atom stereocenters. The highest BCUT2D eigenvalue weighted by molar-refractivity contribution is 5.82. The number of esters is 1. The molecule has 0 saturated carbocycles. The van der Waals surface area contributed by atoms with Gasteiger partial charge in [0.25, 0.3) is 0 Å². The van der Waals surface area contributed by atoms with Crippen LogP contribution < -0.4 is 10.1 Å². The maximum Gasteiger partial charge on any atom is 0.333 e. The molecule has 0 aliphatic carbocycles. The van der Waals surface area contributed by atoms with Crippen molar-refractivity contribution in [3.63, 3.8) is 0 Å². The van der Waals surface area contributed by atoms with Crippen molar-refractivity contribution in [3.8, 4) is 11.8 Å². The fraction of sp³-hybridized carbons (Fsp3) is 0.310. The zero-order chi connectivity index (χ0) is 25.2. The SMILES string of the molecule is CCCc1cc(CC)cc(C(Nc2ccc(C#N)cc2)C(=O)OC)c1OCCc1ccccc1F. The van der Waals surface area contributed by atoms with Crippen LogP contribution in [0.5, 0.6) is 5.75 Å². The van der Waals surface area contributed by atoms with Gasteiger partial charge in [0, 0.05) is 17.7 Å². The number of halogens is 1. The van der Waals surface area contributed by atoms with Crippen LogP contribution >= 0.6 is 0 Å². The van der Waals surface area contributed by atoms with E-state index in [1.807, 2.05) is 6.07 Å². The number of ether oxygens (including phenoxy) is 2. The van der Waals surface area contributed by atoms with Crippen LogP contribution in [0.3, 0.4) is 0 Å². The van der Waals surface area contributed by atoms with E-state index < -0.39 is 12.0 Å². The van der Waals surface area contributed by atoms with Crippen molar-refractivity contribution < 1.29 is 18.7 Å². The number of carbonyl (C=O) groups excluding carboxylic acids is 1. The van der Waals surface area contributed by atoms with E-state index in [1.165, 1.54) is 13.2 Å². The van der Waals surface area contributed by atoms with Gasteiger partial charge in [0.1, 0.15) is 11.6 Å². The number of hydrogen-bond acceptors (Lipinski definition) is 5. The van der Waals surface area contributed by atoms with E-state index in [1.54, 1.807) is 42.5 Å². The number of nitrogens with zero attached hydrogens (tertiary/aromatic N) is 1. The van der Waals surface area contributed by atoms with E-state index in [0.717, 1.165) is 30.4 Å². The largest absolute Gasteiger partial charge is 0.493 e. The molecule has 0 bridgehead atoms. The predicted octanol–water partition coefficient (Wildman–Crippen LogP) is 6.16. The highest BCUT2D eigenvalue weighted by Crippen LogP contribution is 2.35. The minimum atomic E-state index is -0.821. The van der Waals surface area contributed by atoms with Crippen molar-refractivity contribution in [2.24, 2.45) is 0 Å². The molecule has 1 N–H and O–H groups in total. The molecule has 0 aliphatic heterocycles. The van der Waals surface area contributed by atoms with Crippen LogP contribution in [-0.2, 0) is 28.8 Å². The normalized spacial score (nSPS) is 11.4. The van der Waals surface area contributed by atoms with Gasteiger partial charge in [-0.3, -0.25) is 0 Å². The third-order valence-corrected chi connectivity index (χ3v) is 5.83. The van der Waals surface area contributed by atoms with Crippen LogP contribution in [-0.4, -0.2) is 19.7 Å². The smallest absolute Gasteiger partial charge is 0.333 e. The number of carbonyl (C=O) groups is 1. The van der Waals surface area contributed by atoms with E-state index >= 15 is 0 Å². The van der Waals surface area contributed by atoms with Crippen molar-refractivity contribution in [2.75, 3.05) is 19.0 Å². The second-order valence-electron chi connectivity index (χ2n) is 8.26. The van der Waals surface area contributed by atoms with E-state index in [2.05, 4.69) is 31.3 Å². The Morgan fingerprint density at radius 1 is 1.06 bits per heavy atom. The van der Waals surface area contributed by atoms with Crippen molar-refractivity contribution >= 4 is 11.7 Å². The Kier molecular flexibility index (Phi) is 9.25. The summed E-state index contributed by atoms with van der Waals surface area (Å²) in [5.41, 5.74) is 4.55. The molecule has 3 aromatic rings. The standard InChI is InChI=1S/C29H31FN2O3/c1-4-8-23-17-20(5-2)18-25(28(23)35-16-15-22-9-6-7-10-26(22)30)27(29(33)34-3)32-24-13-11-21(19-31)12-14-24/h6-7,9-14,17-18,27,32H,4-5,8,15-16H2,1-3H3. The molecule has 3 rings (SSSR count). The maximum absolute atomic E-state index is 14.1. The Morgan fingerprint density at radius 2 is 1.80 bits per heavy atom. The zero-order valence-electron chi connectivity index (χ0n) is 20.4. The Bertz CT molecular complexity index is 1190. The van der Waals surface area contributed by atoms with Crippen molar-refractivity contribution in [3.05, 3.63) is 94.3 Å². The monoisotopic (exact) mass is 474 g/mol. The molecule has 3 aromatic carbocycles. The lowest BCUT2D eigenvalue weighted by Gasteiger charge is -2.24. The van der Waals surface area contributed by atoms with Gasteiger partial charge in [-0.2, -0.15) is 5.26 Å². The minimum Gasteiger partial charge on any atom is -0.493 e. The zero-order valence-corrected chi connectivity index (χ0v) is 20.4. The fourth-order valence-electron chi connectivity index (χ4n) is 3.98. The third kappa shape index (κ3) is 6.60. The fourth-order valence-corrected chi connectivity index (χ4v) is 3.98. The Hall–Kier alpha value is -3.85. The van der Waals surface area contributed by atoms with Crippen LogP contribution in [0.1, 0.15) is 54.1 Å². The molecule has 5 nitrogen and oxygen atoms in total. The van der Waals surface area contributed by atoms with E-state index in [4.69, 9.17) is 14.7 Å². The predicted molar refractivity (Wildman–Crippen MR) is 135 cm³/mol. The molecule has 182 valence electrons. The number of nitrogens with one attached hydrogen (secondary N) is 1. The van der Waals surface area contributed by atoms with Gasteiger partial charge in [-0.25, -0.2) is 9.18 Å². The first-order chi connectivity index (χ1) is 17.0. The van der Waals surface area contributed by atoms with E-state index in [-0.39, 0.29) is 12.4 Å². The molecule has 0 saturated heterocycles. The van der Waals surface area contributed by atoms with Gasteiger partial charge in [0.05, 0.1) is 25.3 Å². The minimum absolute atomic E-state index is 0.263. The van der Waals surface area contributed by atoms with Gasteiger partial charge in [0.2, 0.25) is 0 Å². The van der Waals surface area contributed by atoms with Crippen LogP contribution in [0.25, 0.3) is 0 Å². The number of hydrogen-bond donors (Lipinski definition) is 1. The van der Waals surface area contributed by atoms with Crippen LogP contribution in [0.4, 0.5) is 10.1 Å². The molecular weight excluding hydrogens is 443 g/mol. The lowest BCUT2D eigenvalue weighted by Crippen LogP contribution is -2.24. The first-order valence-corrected chi connectivity index (χ1v) is 11.9. The van der Waals surface area contributed by atoms with Gasteiger partial charge < -0.3 is 14.8 Å². The maximum atomic E-state index is 14.1. The molecule has 35 heavy (non-hydrogen) atoms. The Labute approximate surface area is 206 Å². The van der Waals surface area contributed by atoms with E-state index in [0.29, 0.717) is 34.5 Å². The molecule has 0 fully saturated rings. The average molecular weight is 475 g/mol. The van der Waals surface area contributed by atoms with E-state index in [9.17, 15) is 9.18 Å². The van der Waals surface area contributed by atoms with Crippen LogP contribution in [0, 0.1) is 17.1 Å². The summed E-state index contributed by atoms with van der Waals surface area (Å²) >= 11 is 0. The quantitative estimate of drug-likeness (QED) is 0.337. The summed E-state index contributed by atoms with van der Waals surface area (Å²) in [7, 11) is 1.35. The summed E-state index contributed by atoms with van der Waals surface area (Å²) < 4.78 is 25.5. The molecule has 6 heteroatoms. The summed E-state index contributed by atoms with van der Waals surface area (Å²) in [5.74, 6) is -0.0951. The lowest BCUT2D eigenvalue weighted by atomic mass is 9.95. The highest BCUT2D eigenvalue weighted by atomic mass is 19.1. The molecular formula is C29H31FN2O3. The number of aryl methyl sites for hydroxylation is 2. The van der Waals surface area contributed by atoms with Gasteiger partial charge in [0.15, 0.2) is 6.04 Å². The molecule has 1 atom stereocenters. The molecule has 0 heterocycles. The van der Waals surface area contributed by atoms with Crippen LogP contribution in [0.15, 0.2) is 60.7 Å². The number of methoxy groups -OCH3 is 1. The van der Waals surface area contributed by atoms with Crippen molar-refractivity contribution in [2.45, 2.75) is 45.6 Å². The first-order valence-electron chi connectivity index (χ1n) is 11.9. The Balaban J connectivity index is 2.00. The summed E-state index contributed by atoms with van der Waals surface area (Å²) in [6, 6.07) is 18.9. The van der Waals surface area contributed by atoms with Crippen molar-refractivity contribution in [1.82, 2.24) is 0 Å². The third-order valence-electron chi connectivity index (χ3n) is 5.83. The van der Waals surface area contributed by atoms with Gasteiger partial charge in [-0.1, -0.05) is 44.5 Å². The summed E-state index contributed by atoms with van der Waals surface area (Å²) in [6.07, 6.45) is 2.88. The molecule has 0 aliphatic rings. The number of rotatable bonds is 11. The summed E-state index contributed by atoms with van der Waals surface area (Å²) in [6.45, 7) is 4.42. The summed E-state index contributed by atoms with van der Waals surface area (Å²) in [5, 5.41) is 12.3. The lowest BCUT2D eigenvalue weighted by molar-refractivity contribution is -0.141. The van der Waals surface area contributed by atoms with Crippen molar-refractivity contribution in [1.29, 1.82) is 5.26 Å². The van der Waals surface area contributed by atoms with Gasteiger partial charge in [-0.05, 0) is 65.9 Å². The van der Waals surface area contributed by atoms with Gasteiger partial charge in [-0.15, -0.1) is 0 Å². The first kappa shape index (κ1) is 25.8. The number of nitriles is 1. The second kappa shape index (κ2) is 12.6. The molecule has 0 amide bonds. The molecule has 0 radical (unpaired) electrons. The average Bonchev–Trinajstić information content (AvgIpc) is 2.89.